The number of carbonyl (C=O) groups is 4. The number of ether oxygens (including phenoxy) is 3. The average molecular weight is 882 g/mol. The van der Waals surface area contributed by atoms with Crippen LogP contribution in [0.15, 0.2) is 85.2 Å². The molecule has 65 heavy (non-hydrogen) atoms. The highest BCUT2D eigenvalue weighted by molar-refractivity contribution is 5.93. The van der Waals surface area contributed by atoms with Crippen LogP contribution in [0.2, 0.25) is 0 Å². The second-order valence-electron chi connectivity index (χ2n) is 17.7. The van der Waals surface area contributed by atoms with Crippen molar-refractivity contribution in [1.29, 1.82) is 0 Å². The van der Waals surface area contributed by atoms with Crippen LogP contribution in [0, 0.1) is 11.8 Å². The third kappa shape index (κ3) is 8.17. The van der Waals surface area contributed by atoms with Gasteiger partial charge >= 0.3 is 12.2 Å². The molecule has 6 heterocycles. The highest BCUT2D eigenvalue weighted by atomic mass is 16.5. The lowest BCUT2D eigenvalue weighted by Crippen LogP contribution is -2.51. The molecule has 9 rings (SSSR count). The van der Waals surface area contributed by atoms with Gasteiger partial charge in [0.05, 0.1) is 61.3 Å². The Morgan fingerprint density at radius 2 is 1.25 bits per heavy atom. The van der Waals surface area contributed by atoms with E-state index in [1.807, 2.05) is 68.0 Å². The minimum absolute atomic E-state index is 0.128. The predicted molar refractivity (Wildman–Crippen MR) is 243 cm³/mol. The summed E-state index contributed by atoms with van der Waals surface area (Å²) in [7, 11) is 2.58. The molecule has 4 N–H and O–H groups in total. The van der Waals surface area contributed by atoms with E-state index in [-0.39, 0.29) is 35.7 Å². The summed E-state index contributed by atoms with van der Waals surface area (Å²) in [6, 6.07) is 22.9. The number of H-pyrrole nitrogens is 2. The number of hydrogen-bond donors (Lipinski definition) is 4. The van der Waals surface area contributed by atoms with Gasteiger partial charge in [-0.25, -0.2) is 19.6 Å². The fourth-order valence-electron chi connectivity index (χ4n) is 9.56. The van der Waals surface area contributed by atoms with Crippen molar-refractivity contribution in [1.82, 2.24) is 44.9 Å². The number of methoxy groups -OCH3 is 2. The van der Waals surface area contributed by atoms with Gasteiger partial charge in [-0.1, -0.05) is 70.2 Å². The molecule has 3 aromatic heterocycles. The van der Waals surface area contributed by atoms with Gasteiger partial charge in [0.2, 0.25) is 18.0 Å². The molecule has 338 valence electrons. The third-order valence-electron chi connectivity index (χ3n) is 13.0. The van der Waals surface area contributed by atoms with Gasteiger partial charge in [-0.15, -0.1) is 0 Å². The SMILES string of the molecule is COC(=O)N[C@H](C(=O)N1CCCC1c1ncc(-c2ccc3c(c2)cc2n3C(c3ccccc3)Oc3cc(-c4cnc([C@@H]5CCCN5C(=O)[C@@H](NC(=O)OC)C(C)C)[nH]4)ccc3-2)[nH]1)C(C)C. The van der Waals surface area contributed by atoms with Crippen LogP contribution >= 0.6 is 0 Å². The van der Waals surface area contributed by atoms with Gasteiger partial charge in [-0.2, -0.15) is 0 Å². The molecule has 0 saturated carbocycles. The molecule has 5 atom stereocenters. The van der Waals surface area contributed by atoms with E-state index in [1.54, 1.807) is 6.20 Å². The Kier molecular flexibility index (Phi) is 11.8. The Morgan fingerprint density at radius 1 is 0.708 bits per heavy atom. The Bertz CT molecular complexity index is 2740. The normalized spacial score (nSPS) is 18.9. The molecule has 0 spiro atoms. The molecular weight excluding hydrogens is 827 g/mol. The molecule has 2 saturated heterocycles. The highest BCUT2D eigenvalue weighted by Gasteiger charge is 2.39. The van der Waals surface area contributed by atoms with E-state index in [1.165, 1.54) is 14.2 Å². The van der Waals surface area contributed by atoms with Crippen molar-refractivity contribution in [3.05, 3.63) is 102 Å². The topological polar surface area (TPSA) is 189 Å². The highest BCUT2D eigenvalue weighted by Crippen LogP contribution is 2.46. The first-order chi connectivity index (χ1) is 31.4. The summed E-state index contributed by atoms with van der Waals surface area (Å²) in [6.45, 7) is 8.75. The zero-order valence-corrected chi connectivity index (χ0v) is 37.5. The van der Waals surface area contributed by atoms with Crippen LogP contribution in [-0.2, 0) is 19.1 Å². The molecule has 2 unspecified atom stereocenters. The molecule has 3 aliphatic rings. The molecule has 2 fully saturated rings. The summed E-state index contributed by atoms with van der Waals surface area (Å²) in [5.74, 6) is 1.55. The number of rotatable bonds is 11. The van der Waals surface area contributed by atoms with Gasteiger partial charge in [-0.3, -0.25) is 9.59 Å². The van der Waals surface area contributed by atoms with Crippen molar-refractivity contribution in [3.63, 3.8) is 0 Å². The third-order valence-corrected chi connectivity index (χ3v) is 13.0. The molecule has 0 radical (unpaired) electrons. The number of nitrogens with one attached hydrogen (secondary N) is 4. The Morgan fingerprint density at radius 3 is 1.78 bits per heavy atom. The van der Waals surface area contributed by atoms with E-state index < -0.39 is 30.5 Å². The van der Waals surface area contributed by atoms with Crippen LogP contribution in [0.5, 0.6) is 5.75 Å². The van der Waals surface area contributed by atoms with Crippen LogP contribution in [0.25, 0.3) is 44.7 Å². The monoisotopic (exact) mass is 881 g/mol. The van der Waals surface area contributed by atoms with E-state index in [9.17, 15) is 19.2 Å². The van der Waals surface area contributed by atoms with Crippen LogP contribution < -0.4 is 15.4 Å². The lowest BCUT2D eigenvalue weighted by Gasteiger charge is -2.30. The molecule has 4 amide bonds. The number of amides is 4. The smallest absolute Gasteiger partial charge is 0.407 e. The molecule has 0 aliphatic carbocycles. The minimum Gasteiger partial charge on any atom is -0.465 e. The number of benzene rings is 3. The first-order valence-corrected chi connectivity index (χ1v) is 22.4. The summed E-state index contributed by atoms with van der Waals surface area (Å²) < 4.78 is 18.8. The lowest BCUT2D eigenvalue weighted by atomic mass is 10.0. The summed E-state index contributed by atoms with van der Waals surface area (Å²) in [5.41, 5.74) is 7.43. The maximum absolute atomic E-state index is 13.8. The average Bonchev–Trinajstić information content (AvgIpc) is 4.18. The van der Waals surface area contributed by atoms with Crippen molar-refractivity contribution in [3.8, 4) is 39.5 Å². The van der Waals surface area contributed by atoms with Crippen LogP contribution in [0.1, 0.15) is 88.9 Å². The summed E-state index contributed by atoms with van der Waals surface area (Å²) in [6.07, 6.45) is 5.05. The van der Waals surface area contributed by atoms with Gasteiger partial charge < -0.3 is 49.2 Å². The van der Waals surface area contributed by atoms with E-state index in [4.69, 9.17) is 24.2 Å². The Balaban J connectivity index is 1.00. The number of likely N-dealkylation sites (tertiary alicyclic amines) is 2. The first-order valence-electron chi connectivity index (χ1n) is 22.4. The number of carbonyl (C=O) groups excluding carboxylic acids is 4. The summed E-state index contributed by atoms with van der Waals surface area (Å²) >= 11 is 0. The molecule has 3 aromatic carbocycles. The van der Waals surface area contributed by atoms with Gasteiger partial charge in [0.1, 0.15) is 29.5 Å². The van der Waals surface area contributed by atoms with Gasteiger partial charge in [0, 0.05) is 40.7 Å². The zero-order valence-electron chi connectivity index (χ0n) is 37.5. The van der Waals surface area contributed by atoms with Crippen molar-refractivity contribution >= 4 is 34.9 Å². The van der Waals surface area contributed by atoms with Crippen LogP contribution in [0.3, 0.4) is 0 Å². The number of alkyl carbamates (subject to hydrolysis) is 2. The summed E-state index contributed by atoms with van der Waals surface area (Å²) in [4.78, 5) is 72.0. The van der Waals surface area contributed by atoms with Gasteiger partial charge in [0.15, 0.2) is 0 Å². The lowest BCUT2D eigenvalue weighted by molar-refractivity contribution is -0.136. The quantitative estimate of drug-likeness (QED) is 0.0997. The number of nitrogens with zero attached hydrogens (tertiary/aromatic N) is 5. The molecule has 0 bridgehead atoms. The molecule has 3 aliphatic heterocycles. The number of hydrogen-bond acceptors (Lipinski definition) is 9. The van der Waals surface area contributed by atoms with Crippen molar-refractivity contribution in [2.45, 2.75) is 83.8 Å². The fourth-order valence-corrected chi connectivity index (χ4v) is 9.56. The molecule has 16 heteroatoms. The van der Waals surface area contributed by atoms with Crippen LogP contribution in [-0.4, -0.2) is 97.7 Å². The first kappa shape index (κ1) is 43.2. The van der Waals surface area contributed by atoms with E-state index in [0.717, 1.165) is 81.7 Å². The second kappa shape index (κ2) is 17.8. The van der Waals surface area contributed by atoms with Gasteiger partial charge in [0.25, 0.3) is 0 Å². The number of fused-ring (bicyclic) bond motifs is 5. The Hall–Kier alpha value is -7.10. The number of aromatic nitrogens is 5. The fraction of sp³-hybridized carbons (Fsp3) is 0.388. The minimum atomic E-state index is -0.720. The van der Waals surface area contributed by atoms with Crippen molar-refractivity contribution in [2.24, 2.45) is 11.8 Å². The molecular formula is C49H55N9O7. The molecule has 16 nitrogen and oxygen atoms in total. The standard InChI is InChI=1S/C49H55N9O7/c1-27(2)41(54-48(61)63-5)45(59)56-20-10-14-37(56)43-50-25-34(52-43)30-17-19-36-32(22-30)23-39-33-18-16-31(24-40(33)65-47(58(36)39)29-12-8-7-9-13-29)35-26-51-44(53-35)38-15-11-21-57(38)46(60)42(28(3)4)55-49(62)64-6/h7-9,12-13,16-19,22-28,37-38,41-42,47H,10-11,14-15,20-21H2,1-6H3,(H,50,52)(H,51,53)(H,54,61)(H,55,62)/t37?,38-,41-,42-,47?/m0/s1. The van der Waals surface area contributed by atoms with E-state index in [2.05, 4.69) is 73.7 Å². The van der Waals surface area contributed by atoms with Gasteiger partial charge in [-0.05, 0) is 67.9 Å². The largest absolute Gasteiger partial charge is 0.465 e. The van der Waals surface area contributed by atoms with Crippen molar-refractivity contribution in [2.75, 3.05) is 27.3 Å². The predicted octanol–water partition coefficient (Wildman–Crippen LogP) is 8.12. The maximum atomic E-state index is 13.8. The molecule has 6 aromatic rings. The zero-order chi connectivity index (χ0) is 45.5. The maximum Gasteiger partial charge on any atom is 0.407 e. The second-order valence-corrected chi connectivity index (χ2v) is 17.7. The van der Waals surface area contributed by atoms with Crippen LogP contribution in [0.4, 0.5) is 9.59 Å². The number of imidazole rings is 2. The van der Waals surface area contributed by atoms with E-state index >= 15 is 0 Å². The van der Waals surface area contributed by atoms with Crippen molar-refractivity contribution < 1.29 is 33.4 Å². The Labute approximate surface area is 377 Å². The number of aromatic amines is 2. The summed E-state index contributed by atoms with van der Waals surface area (Å²) in [5, 5.41) is 6.46. The van der Waals surface area contributed by atoms with E-state index in [0.29, 0.717) is 24.7 Å².